The zero-order valence-corrected chi connectivity index (χ0v) is 9.43. The maximum Gasteiger partial charge on any atom is 0.225 e. The third kappa shape index (κ3) is 2.12. The van der Waals surface area contributed by atoms with Gasteiger partial charge in [0.1, 0.15) is 5.69 Å². The summed E-state index contributed by atoms with van der Waals surface area (Å²) in [5.41, 5.74) is 1.71. The number of nitrogens with one attached hydrogen (secondary N) is 2. The van der Waals surface area contributed by atoms with Gasteiger partial charge in [0.05, 0.1) is 5.69 Å². The lowest BCUT2D eigenvalue weighted by molar-refractivity contribution is 0.580. The summed E-state index contributed by atoms with van der Waals surface area (Å²) < 4.78 is 0. The number of piperazine rings is 1. The van der Waals surface area contributed by atoms with E-state index in [0.717, 1.165) is 43.5 Å². The van der Waals surface area contributed by atoms with Crippen molar-refractivity contribution >= 4 is 5.95 Å². The molecule has 2 aromatic heterocycles. The maximum atomic E-state index is 4.54. The normalized spacial score (nSPS) is 16.1. The van der Waals surface area contributed by atoms with Crippen LogP contribution in [0.3, 0.4) is 0 Å². The van der Waals surface area contributed by atoms with E-state index in [0.29, 0.717) is 0 Å². The Hall–Kier alpha value is -1.95. The zero-order chi connectivity index (χ0) is 11.5. The van der Waals surface area contributed by atoms with Crippen LogP contribution < -0.4 is 10.2 Å². The molecule has 0 bridgehead atoms. The molecule has 0 unspecified atom stereocenters. The largest absolute Gasteiger partial charge is 0.338 e. The minimum absolute atomic E-state index is 0.784. The summed E-state index contributed by atoms with van der Waals surface area (Å²) in [6, 6.07) is 3.78. The topological polar surface area (TPSA) is 69.7 Å². The molecule has 17 heavy (non-hydrogen) atoms. The van der Waals surface area contributed by atoms with Crippen LogP contribution in [0.4, 0.5) is 5.95 Å². The standard InChI is InChI=1S/C11H14N6/c1-3-13-11(17-7-5-12-6-8-17)15-9(1)10-2-4-14-16-10/h1-4,12H,5-8H2,(H,14,16). The van der Waals surface area contributed by atoms with E-state index in [2.05, 4.69) is 30.4 Å². The molecule has 1 aliphatic heterocycles. The SMILES string of the molecule is c1cc(-c2cc[nH]n2)nc(N2CCNCC2)n1. The van der Waals surface area contributed by atoms with Crippen molar-refractivity contribution in [3.05, 3.63) is 24.5 Å². The summed E-state index contributed by atoms with van der Waals surface area (Å²) in [5, 5.41) is 10.2. The average molecular weight is 230 g/mol. The monoisotopic (exact) mass is 230 g/mol. The first-order chi connectivity index (χ1) is 8.43. The molecule has 0 spiro atoms. The van der Waals surface area contributed by atoms with Gasteiger partial charge in [0.2, 0.25) is 5.95 Å². The van der Waals surface area contributed by atoms with Gasteiger partial charge in [0, 0.05) is 38.6 Å². The van der Waals surface area contributed by atoms with Gasteiger partial charge in [-0.25, -0.2) is 9.97 Å². The van der Waals surface area contributed by atoms with E-state index >= 15 is 0 Å². The fourth-order valence-corrected chi connectivity index (χ4v) is 1.91. The molecule has 6 heteroatoms. The first-order valence-corrected chi connectivity index (χ1v) is 5.72. The molecule has 2 N–H and O–H groups in total. The van der Waals surface area contributed by atoms with Crippen LogP contribution >= 0.6 is 0 Å². The number of anilines is 1. The van der Waals surface area contributed by atoms with Crippen molar-refractivity contribution in [3.63, 3.8) is 0 Å². The summed E-state index contributed by atoms with van der Waals surface area (Å²) in [4.78, 5) is 11.1. The smallest absolute Gasteiger partial charge is 0.225 e. The van der Waals surface area contributed by atoms with Gasteiger partial charge in [-0.3, -0.25) is 5.10 Å². The third-order valence-corrected chi connectivity index (χ3v) is 2.81. The van der Waals surface area contributed by atoms with Crippen LogP contribution in [0.15, 0.2) is 24.5 Å². The number of H-pyrrole nitrogens is 1. The quantitative estimate of drug-likeness (QED) is 0.775. The molecule has 0 saturated carbocycles. The first kappa shape index (κ1) is 10.2. The van der Waals surface area contributed by atoms with Crippen molar-refractivity contribution in [1.29, 1.82) is 0 Å². The van der Waals surface area contributed by atoms with Crippen LogP contribution in [0, 0.1) is 0 Å². The summed E-state index contributed by atoms with van der Waals surface area (Å²) in [5.74, 6) is 0.784. The van der Waals surface area contributed by atoms with Crippen molar-refractivity contribution in [3.8, 4) is 11.4 Å². The van der Waals surface area contributed by atoms with Crippen LogP contribution in [0.1, 0.15) is 0 Å². The van der Waals surface area contributed by atoms with Crippen LogP contribution in [0.25, 0.3) is 11.4 Å². The predicted molar refractivity (Wildman–Crippen MR) is 64.7 cm³/mol. The van der Waals surface area contributed by atoms with Crippen molar-refractivity contribution in [2.24, 2.45) is 0 Å². The van der Waals surface area contributed by atoms with E-state index in [1.807, 2.05) is 12.1 Å². The number of hydrogen-bond donors (Lipinski definition) is 2. The summed E-state index contributed by atoms with van der Waals surface area (Å²) in [6.45, 7) is 3.86. The average Bonchev–Trinajstić information content (AvgIpc) is 2.94. The number of rotatable bonds is 2. The van der Waals surface area contributed by atoms with Crippen molar-refractivity contribution in [2.75, 3.05) is 31.1 Å². The number of nitrogens with zero attached hydrogens (tertiary/aromatic N) is 4. The van der Waals surface area contributed by atoms with E-state index in [9.17, 15) is 0 Å². The molecular formula is C11H14N6. The van der Waals surface area contributed by atoms with Crippen LogP contribution in [0.2, 0.25) is 0 Å². The molecule has 0 atom stereocenters. The van der Waals surface area contributed by atoms with Crippen molar-refractivity contribution in [2.45, 2.75) is 0 Å². The van der Waals surface area contributed by atoms with Gasteiger partial charge >= 0.3 is 0 Å². The highest BCUT2D eigenvalue weighted by molar-refractivity contribution is 5.54. The first-order valence-electron chi connectivity index (χ1n) is 5.72. The highest BCUT2D eigenvalue weighted by Crippen LogP contribution is 2.16. The van der Waals surface area contributed by atoms with Gasteiger partial charge in [0.15, 0.2) is 0 Å². The molecule has 2 aromatic rings. The highest BCUT2D eigenvalue weighted by atomic mass is 15.3. The Morgan fingerprint density at radius 2 is 2.00 bits per heavy atom. The predicted octanol–water partition coefficient (Wildman–Crippen LogP) is 0.276. The molecular weight excluding hydrogens is 216 g/mol. The Labute approximate surface area is 99.1 Å². The zero-order valence-electron chi connectivity index (χ0n) is 9.43. The van der Waals surface area contributed by atoms with E-state index in [1.54, 1.807) is 12.4 Å². The number of aromatic amines is 1. The maximum absolute atomic E-state index is 4.54. The fraction of sp³-hybridized carbons (Fsp3) is 0.364. The third-order valence-electron chi connectivity index (χ3n) is 2.81. The Morgan fingerprint density at radius 3 is 2.76 bits per heavy atom. The second-order valence-electron chi connectivity index (χ2n) is 3.94. The van der Waals surface area contributed by atoms with Gasteiger partial charge in [-0.1, -0.05) is 0 Å². The Morgan fingerprint density at radius 1 is 1.12 bits per heavy atom. The molecule has 3 rings (SSSR count). The minimum atomic E-state index is 0.784. The molecule has 0 radical (unpaired) electrons. The van der Waals surface area contributed by atoms with Gasteiger partial charge in [-0.15, -0.1) is 0 Å². The van der Waals surface area contributed by atoms with Crippen LogP contribution in [0.5, 0.6) is 0 Å². The van der Waals surface area contributed by atoms with Gasteiger partial charge in [-0.05, 0) is 12.1 Å². The lowest BCUT2D eigenvalue weighted by Crippen LogP contribution is -2.44. The summed E-state index contributed by atoms with van der Waals surface area (Å²) >= 11 is 0. The fourth-order valence-electron chi connectivity index (χ4n) is 1.91. The second kappa shape index (κ2) is 4.50. The Balaban J connectivity index is 1.88. The summed E-state index contributed by atoms with van der Waals surface area (Å²) in [7, 11) is 0. The van der Waals surface area contributed by atoms with Gasteiger partial charge in [0.25, 0.3) is 0 Å². The van der Waals surface area contributed by atoms with Crippen molar-refractivity contribution < 1.29 is 0 Å². The minimum Gasteiger partial charge on any atom is -0.338 e. The van der Waals surface area contributed by atoms with E-state index in [1.165, 1.54) is 0 Å². The molecule has 0 amide bonds. The van der Waals surface area contributed by atoms with E-state index < -0.39 is 0 Å². The Bertz CT molecular complexity index is 474. The van der Waals surface area contributed by atoms with Crippen LogP contribution in [-0.2, 0) is 0 Å². The molecule has 6 nitrogen and oxygen atoms in total. The Kier molecular flexibility index (Phi) is 2.71. The van der Waals surface area contributed by atoms with Crippen molar-refractivity contribution in [1.82, 2.24) is 25.5 Å². The lowest BCUT2D eigenvalue weighted by Gasteiger charge is -2.27. The highest BCUT2D eigenvalue weighted by Gasteiger charge is 2.13. The lowest BCUT2D eigenvalue weighted by atomic mass is 10.3. The number of hydrogen-bond acceptors (Lipinski definition) is 5. The van der Waals surface area contributed by atoms with Gasteiger partial charge < -0.3 is 10.2 Å². The summed E-state index contributed by atoms with van der Waals surface area (Å²) in [6.07, 6.45) is 3.58. The molecule has 0 aliphatic carbocycles. The molecule has 1 aliphatic rings. The molecule has 1 fully saturated rings. The molecule has 88 valence electrons. The van der Waals surface area contributed by atoms with Gasteiger partial charge in [-0.2, -0.15) is 5.10 Å². The van der Waals surface area contributed by atoms with E-state index in [-0.39, 0.29) is 0 Å². The molecule has 0 aromatic carbocycles. The molecule has 1 saturated heterocycles. The molecule has 3 heterocycles. The van der Waals surface area contributed by atoms with E-state index in [4.69, 9.17) is 0 Å². The number of aromatic nitrogens is 4. The second-order valence-corrected chi connectivity index (χ2v) is 3.94. The van der Waals surface area contributed by atoms with Crippen LogP contribution in [-0.4, -0.2) is 46.3 Å².